The number of hydrogen-bond donors (Lipinski definition) is 2. The van der Waals surface area contributed by atoms with Crippen LogP contribution in [0, 0.1) is 0 Å². The Morgan fingerprint density at radius 3 is 3.00 bits per heavy atom. The Morgan fingerprint density at radius 2 is 2.28 bits per heavy atom. The molecule has 0 amide bonds. The van der Waals surface area contributed by atoms with Crippen LogP contribution in [0.1, 0.15) is 38.2 Å². The second kappa shape index (κ2) is 6.27. The summed E-state index contributed by atoms with van der Waals surface area (Å²) in [7, 11) is 0. The standard InChI is InChI=1S/C13H22N4S/c1-3-5-9-12(14)15-8-16-13(9)17-10-6-4-7-11(10)18-2/h8,10-11H,3-7H2,1-2H3,(H3,14,15,16,17). The number of nitrogens with zero attached hydrogens (tertiary/aromatic N) is 2. The molecular weight excluding hydrogens is 244 g/mol. The molecule has 1 aliphatic rings. The van der Waals surface area contributed by atoms with Crippen molar-refractivity contribution in [1.82, 2.24) is 9.97 Å². The third kappa shape index (κ3) is 2.88. The first-order chi connectivity index (χ1) is 8.76. The van der Waals surface area contributed by atoms with E-state index in [0.29, 0.717) is 17.1 Å². The molecule has 1 fully saturated rings. The van der Waals surface area contributed by atoms with Crippen molar-refractivity contribution in [3.8, 4) is 0 Å². The number of aromatic nitrogens is 2. The number of nitrogen functional groups attached to an aromatic ring is 1. The highest BCUT2D eigenvalue weighted by atomic mass is 32.2. The van der Waals surface area contributed by atoms with Gasteiger partial charge in [-0.1, -0.05) is 19.8 Å². The van der Waals surface area contributed by atoms with Crippen molar-refractivity contribution in [1.29, 1.82) is 0 Å². The van der Waals surface area contributed by atoms with Gasteiger partial charge < -0.3 is 11.1 Å². The van der Waals surface area contributed by atoms with Gasteiger partial charge in [0, 0.05) is 16.9 Å². The number of rotatable bonds is 5. The van der Waals surface area contributed by atoms with Crippen molar-refractivity contribution in [2.75, 3.05) is 17.3 Å². The molecule has 2 unspecified atom stereocenters. The number of thioether (sulfide) groups is 1. The van der Waals surface area contributed by atoms with E-state index in [1.807, 2.05) is 11.8 Å². The first-order valence-corrected chi connectivity index (χ1v) is 7.93. The zero-order valence-electron chi connectivity index (χ0n) is 11.1. The molecule has 0 spiro atoms. The van der Waals surface area contributed by atoms with Gasteiger partial charge in [0.1, 0.15) is 18.0 Å². The molecule has 1 aliphatic carbocycles. The topological polar surface area (TPSA) is 63.8 Å². The van der Waals surface area contributed by atoms with Crippen LogP contribution >= 0.6 is 11.8 Å². The van der Waals surface area contributed by atoms with E-state index in [-0.39, 0.29) is 0 Å². The quantitative estimate of drug-likeness (QED) is 0.858. The summed E-state index contributed by atoms with van der Waals surface area (Å²) < 4.78 is 0. The lowest BCUT2D eigenvalue weighted by Crippen LogP contribution is -2.27. The Morgan fingerprint density at radius 1 is 1.44 bits per heavy atom. The highest BCUT2D eigenvalue weighted by Crippen LogP contribution is 2.31. The number of nitrogens with one attached hydrogen (secondary N) is 1. The molecule has 1 aromatic heterocycles. The zero-order chi connectivity index (χ0) is 13.0. The first-order valence-electron chi connectivity index (χ1n) is 6.65. The SMILES string of the molecule is CCCc1c(N)ncnc1NC1CCCC1SC. The summed E-state index contributed by atoms with van der Waals surface area (Å²) in [5, 5.41) is 4.27. The van der Waals surface area contributed by atoms with Gasteiger partial charge in [0.25, 0.3) is 0 Å². The molecule has 1 saturated carbocycles. The number of nitrogens with two attached hydrogens (primary N) is 1. The Labute approximate surface area is 113 Å². The monoisotopic (exact) mass is 266 g/mol. The third-order valence-electron chi connectivity index (χ3n) is 3.56. The Hall–Kier alpha value is -0.970. The molecule has 1 aromatic rings. The lowest BCUT2D eigenvalue weighted by atomic mass is 10.1. The van der Waals surface area contributed by atoms with E-state index in [2.05, 4.69) is 28.5 Å². The molecule has 0 radical (unpaired) electrons. The summed E-state index contributed by atoms with van der Waals surface area (Å²) >= 11 is 1.95. The smallest absolute Gasteiger partial charge is 0.134 e. The maximum absolute atomic E-state index is 5.95. The molecule has 1 heterocycles. The van der Waals surface area contributed by atoms with Crippen LogP contribution in [-0.4, -0.2) is 27.5 Å². The lowest BCUT2D eigenvalue weighted by molar-refractivity contribution is 0.757. The fraction of sp³-hybridized carbons (Fsp3) is 0.692. The van der Waals surface area contributed by atoms with Gasteiger partial charge in [-0.05, 0) is 25.5 Å². The van der Waals surface area contributed by atoms with Crippen molar-refractivity contribution in [2.24, 2.45) is 0 Å². The summed E-state index contributed by atoms with van der Waals surface area (Å²) in [6.45, 7) is 2.15. The van der Waals surface area contributed by atoms with Crippen LogP contribution in [0.2, 0.25) is 0 Å². The molecule has 0 bridgehead atoms. The number of hydrogen-bond acceptors (Lipinski definition) is 5. The molecule has 0 aromatic carbocycles. The summed E-state index contributed by atoms with van der Waals surface area (Å²) in [5.74, 6) is 1.56. The predicted octanol–water partition coefficient (Wildman–Crippen LogP) is 2.71. The van der Waals surface area contributed by atoms with Crippen LogP contribution in [0.5, 0.6) is 0 Å². The normalized spacial score (nSPS) is 23.2. The van der Waals surface area contributed by atoms with E-state index in [4.69, 9.17) is 5.73 Å². The molecular formula is C13H22N4S. The summed E-state index contributed by atoms with van der Waals surface area (Å²) in [6, 6.07) is 0.518. The molecule has 4 nitrogen and oxygen atoms in total. The molecule has 2 atom stereocenters. The van der Waals surface area contributed by atoms with Crippen molar-refractivity contribution in [3.05, 3.63) is 11.9 Å². The first kappa shape index (κ1) is 13.5. The van der Waals surface area contributed by atoms with Gasteiger partial charge in [0.2, 0.25) is 0 Å². The van der Waals surface area contributed by atoms with Crippen LogP contribution in [0.3, 0.4) is 0 Å². The van der Waals surface area contributed by atoms with E-state index >= 15 is 0 Å². The van der Waals surface area contributed by atoms with Crippen LogP contribution in [-0.2, 0) is 6.42 Å². The highest BCUT2D eigenvalue weighted by Gasteiger charge is 2.27. The summed E-state index contributed by atoms with van der Waals surface area (Å²) in [5.41, 5.74) is 7.03. The van der Waals surface area contributed by atoms with Gasteiger partial charge in [0.15, 0.2) is 0 Å². The summed E-state index contributed by atoms with van der Waals surface area (Å²) in [6.07, 6.45) is 9.55. The van der Waals surface area contributed by atoms with E-state index in [9.17, 15) is 0 Å². The van der Waals surface area contributed by atoms with Crippen LogP contribution in [0.25, 0.3) is 0 Å². The minimum atomic E-state index is 0.518. The molecule has 0 aliphatic heterocycles. The van der Waals surface area contributed by atoms with Gasteiger partial charge in [-0.3, -0.25) is 0 Å². The summed E-state index contributed by atoms with van der Waals surface area (Å²) in [4.78, 5) is 8.47. The molecule has 0 saturated heterocycles. The van der Waals surface area contributed by atoms with Gasteiger partial charge in [-0.2, -0.15) is 11.8 Å². The van der Waals surface area contributed by atoms with Gasteiger partial charge >= 0.3 is 0 Å². The Bertz CT molecular complexity index is 397. The lowest BCUT2D eigenvalue weighted by Gasteiger charge is -2.21. The fourth-order valence-corrected chi connectivity index (χ4v) is 3.53. The van der Waals surface area contributed by atoms with Crippen molar-refractivity contribution in [2.45, 2.75) is 50.3 Å². The minimum Gasteiger partial charge on any atom is -0.383 e. The van der Waals surface area contributed by atoms with Crippen LogP contribution < -0.4 is 11.1 Å². The average Bonchev–Trinajstić information content (AvgIpc) is 2.81. The predicted molar refractivity (Wildman–Crippen MR) is 79.0 cm³/mol. The molecule has 100 valence electrons. The van der Waals surface area contributed by atoms with Crippen LogP contribution in [0.4, 0.5) is 11.6 Å². The third-order valence-corrected chi connectivity index (χ3v) is 4.73. The van der Waals surface area contributed by atoms with Crippen molar-refractivity contribution < 1.29 is 0 Å². The van der Waals surface area contributed by atoms with E-state index in [1.54, 1.807) is 6.33 Å². The van der Waals surface area contributed by atoms with E-state index in [1.165, 1.54) is 19.3 Å². The van der Waals surface area contributed by atoms with Gasteiger partial charge in [0.05, 0.1) is 0 Å². The Balaban J connectivity index is 2.15. The zero-order valence-corrected chi connectivity index (χ0v) is 12.0. The second-order valence-corrected chi connectivity index (χ2v) is 5.87. The second-order valence-electron chi connectivity index (χ2n) is 4.79. The highest BCUT2D eigenvalue weighted by molar-refractivity contribution is 7.99. The molecule has 2 rings (SSSR count). The van der Waals surface area contributed by atoms with Crippen molar-refractivity contribution >= 4 is 23.4 Å². The van der Waals surface area contributed by atoms with Gasteiger partial charge in [-0.15, -0.1) is 0 Å². The average molecular weight is 266 g/mol. The number of anilines is 2. The van der Waals surface area contributed by atoms with E-state index < -0.39 is 0 Å². The fourth-order valence-electron chi connectivity index (χ4n) is 2.60. The maximum atomic E-state index is 5.95. The molecule has 3 N–H and O–H groups in total. The minimum absolute atomic E-state index is 0.518. The van der Waals surface area contributed by atoms with Crippen LogP contribution in [0.15, 0.2) is 6.33 Å². The Kier molecular flexibility index (Phi) is 4.69. The van der Waals surface area contributed by atoms with Gasteiger partial charge in [-0.25, -0.2) is 9.97 Å². The molecule has 5 heteroatoms. The molecule has 18 heavy (non-hydrogen) atoms. The largest absolute Gasteiger partial charge is 0.383 e. The maximum Gasteiger partial charge on any atom is 0.134 e. The van der Waals surface area contributed by atoms with Crippen molar-refractivity contribution in [3.63, 3.8) is 0 Å². The van der Waals surface area contributed by atoms with E-state index in [0.717, 1.165) is 24.2 Å².